The molecule has 3 aromatic rings. The van der Waals surface area contributed by atoms with Gasteiger partial charge < -0.3 is 9.30 Å². The van der Waals surface area contributed by atoms with E-state index in [-0.39, 0.29) is 10.5 Å². The smallest absolute Gasteiger partial charge is 0.279 e. The van der Waals surface area contributed by atoms with Crippen molar-refractivity contribution in [2.45, 2.75) is 4.90 Å². The van der Waals surface area contributed by atoms with Crippen LogP contribution in [0.3, 0.4) is 0 Å². The molecule has 0 saturated carbocycles. The fourth-order valence-corrected chi connectivity index (χ4v) is 4.45. The summed E-state index contributed by atoms with van der Waals surface area (Å²) in [4.78, 5) is 17.2. The molecular formula is C17H15ClN2O4S2. The molecule has 1 aromatic heterocycles. The topological polar surface area (TPSA) is 77.7 Å². The third kappa shape index (κ3) is 3.40. The number of rotatable bonds is 3. The highest BCUT2D eigenvalue weighted by atomic mass is 35.5. The first-order valence-corrected chi connectivity index (χ1v) is 10.5. The zero-order valence-electron chi connectivity index (χ0n) is 14.2. The second kappa shape index (κ2) is 6.86. The molecule has 0 bridgehead atoms. The van der Waals surface area contributed by atoms with Crippen LogP contribution in [0.1, 0.15) is 10.4 Å². The van der Waals surface area contributed by atoms with Crippen LogP contribution in [0.25, 0.3) is 10.2 Å². The normalized spacial score (nSPS) is 12.5. The molecule has 0 aliphatic heterocycles. The van der Waals surface area contributed by atoms with Gasteiger partial charge in [-0.25, -0.2) is 8.42 Å². The summed E-state index contributed by atoms with van der Waals surface area (Å²) >= 11 is 7.50. The molecule has 0 saturated heterocycles. The summed E-state index contributed by atoms with van der Waals surface area (Å²) in [5.74, 6) is 0.0869. The second-order valence-corrected chi connectivity index (χ2v) is 8.99. The third-order valence-electron chi connectivity index (χ3n) is 3.79. The number of thiazole rings is 1. The number of fused-ring (bicyclic) bond motifs is 1. The number of nitrogens with zero attached hydrogens (tertiary/aromatic N) is 2. The lowest BCUT2D eigenvalue weighted by molar-refractivity contribution is 0.0997. The predicted octanol–water partition coefficient (Wildman–Crippen LogP) is 3.05. The molecule has 136 valence electrons. The molecule has 26 heavy (non-hydrogen) atoms. The second-order valence-electron chi connectivity index (χ2n) is 5.59. The van der Waals surface area contributed by atoms with Gasteiger partial charge in [-0.1, -0.05) is 29.0 Å². The Balaban J connectivity index is 2.15. The number of methoxy groups -OCH3 is 1. The lowest BCUT2D eigenvalue weighted by Crippen LogP contribution is -2.13. The van der Waals surface area contributed by atoms with Crippen LogP contribution in [0.5, 0.6) is 5.75 Å². The Labute approximate surface area is 159 Å². The molecule has 9 heteroatoms. The highest BCUT2D eigenvalue weighted by molar-refractivity contribution is 7.90. The van der Waals surface area contributed by atoms with E-state index in [9.17, 15) is 13.2 Å². The monoisotopic (exact) mass is 410 g/mol. The third-order valence-corrected chi connectivity index (χ3v) is 6.49. The van der Waals surface area contributed by atoms with Crippen molar-refractivity contribution in [2.24, 2.45) is 12.0 Å². The van der Waals surface area contributed by atoms with Crippen LogP contribution in [0.15, 0.2) is 46.3 Å². The van der Waals surface area contributed by atoms with Crippen molar-refractivity contribution in [1.82, 2.24) is 4.57 Å². The van der Waals surface area contributed by atoms with Gasteiger partial charge in [-0.3, -0.25) is 4.79 Å². The lowest BCUT2D eigenvalue weighted by atomic mass is 10.2. The van der Waals surface area contributed by atoms with Crippen LogP contribution in [-0.4, -0.2) is 32.3 Å². The molecule has 0 aliphatic rings. The number of hydrogen-bond acceptors (Lipinski definition) is 5. The minimum Gasteiger partial charge on any atom is -0.495 e. The van der Waals surface area contributed by atoms with Crippen LogP contribution in [0, 0.1) is 0 Å². The molecule has 1 heterocycles. The van der Waals surface area contributed by atoms with Gasteiger partial charge in [0.15, 0.2) is 14.6 Å². The number of aromatic nitrogens is 1. The molecule has 0 fully saturated rings. The first kappa shape index (κ1) is 18.6. The van der Waals surface area contributed by atoms with E-state index in [1.54, 1.807) is 30.9 Å². The van der Waals surface area contributed by atoms with Crippen molar-refractivity contribution >= 4 is 48.9 Å². The zero-order valence-corrected chi connectivity index (χ0v) is 16.6. The fraction of sp³-hybridized carbons (Fsp3) is 0.176. The van der Waals surface area contributed by atoms with Gasteiger partial charge in [-0.2, -0.15) is 4.99 Å². The molecule has 1 amide bonds. The number of carbonyl (C=O) groups is 1. The summed E-state index contributed by atoms with van der Waals surface area (Å²) in [5, 5.41) is 0.536. The molecule has 0 radical (unpaired) electrons. The van der Waals surface area contributed by atoms with Gasteiger partial charge in [0, 0.05) is 18.9 Å². The van der Waals surface area contributed by atoms with Gasteiger partial charge in [0.1, 0.15) is 11.3 Å². The Morgan fingerprint density at radius 1 is 1.27 bits per heavy atom. The molecular weight excluding hydrogens is 396 g/mol. The summed E-state index contributed by atoms with van der Waals surface area (Å²) in [6.45, 7) is 0. The highest BCUT2D eigenvalue weighted by Crippen LogP contribution is 2.32. The Hall–Kier alpha value is -2.16. The van der Waals surface area contributed by atoms with Crippen LogP contribution >= 0.6 is 22.9 Å². The van der Waals surface area contributed by atoms with Crippen LogP contribution in [-0.2, 0) is 16.9 Å². The first-order chi connectivity index (χ1) is 12.2. The van der Waals surface area contributed by atoms with Crippen molar-refractivity contribution < 1.29 is 17.9 Å². The average Bonchev–Trinajstić information content (AvgIpc) is 2.93. The van der Waals surface area contributed by atoms with Crippen molar-refractivity contribution in [1.29, 1.82) is 0 Å². The molecule has 0 N–H and O–H groups in total. The number of hydrogen-bond donors (Lipinski definition) is 0. The van der Waals surface area contributed by atoms with E-state index in [1.165, 1.54) is 35.6 Å². The van der Waals surface area contributed by atoms with E-state index < -0.39 is 15.7 Å². The number of amides is 1. The van der Waals surface area contributed by atoms with Gasteiger partial charge in [-0.05, 0) is 30.3 Å². The van der Waals surface area contributed by atoms with E-state index in [0.717, 1.165) is 16.5 Å². The van der Waals surface area contributed by atoms with E-state index in [1.807, 2.05) is 0 Å². The van der Waals surface area contributed by atoms with Gasteiger partial charge in [-0.15, -0.1) is 0 Å². The Morgan fingerprint density at radius 3 is 2.65 bits per heavy atom. The molecule has 2 aromatic carbocycles. The number of aryl methyl sites for hydroxylation is 1. The molecule has 6 nitrogen and oxygen atoms in total. The first-order valence-electron chi connectivity index (χ1n) is 7.43. The van der Waals surface area contributed by atoms with Crippen molar-refractivity contribution in [3.63, 3.8) is 0 Å². The van der Waals surface area contributed by atoms with Gasteiger partial charge in [0.25, 0.3) is 5.91 Å². The molecule has 0 unspecified atom stereocenters. The van der Waals surface area contributed by atoms with E-state index in [2.05, 4.69) is 4.99 Å². The minimum absolute atomic E-state index is 0.0731. The Kier molecular flexibility index (Phi) is 4.92. The number of sulfone groups is 1. The largest absolute Gasteiger partial charge is 0.495 e. The van der Waals surface area contributed by atoms with Gasteiger partial charge in [0.05, 0.1) is 21.7 Å². The maximum absolute atomic E-state index is 12.5. The summed E-state index contributed by atoms with van der Waals surface area (Å²) in [6.07, 6.45) is 1.09. The number of ether oxygens (including phenoxy) is 1. The summed E-state index contributed by atoms with van der Waals surface area (Å²) in [6, 6.07) is 9.28. The van der Waals surface area contributed by atoms with E-state index in [0.29, 0.717) is 15.6 Å². The van der Waals surface area contributed by atoms with Crippen LogP contribution in [0.4, 0.5) is 0 Å². The zero-order chi connectivity index (χ0) is 19.1. The minimum atomic E-state index is -3.41. The van der Waals surface area contributed by atoms with Crippen LogP contribution < -0.4 is 9.54 Å². The van der Waals surface area contributed by atoms with Crippen molar-refractivity contribution in [3.8, 4) is 5.75 Å². The molecule has 0 atom stereocenters. The van der Waals surface area contributed by atoms with Gasteiger partial charge >= 0.3 is 0 Å². The summed E-state index contributed by atoms with van der Waals surface area (Å²) in [7, 11) is -0.0903. The van der Waals surface area contributed by atoms with E-state index >= 15 is 0 Å². The van der Waals surface area contributed by atoms with Gasteiger partial charge in [0.2, 0.25) is 0 Å². The van der Waals surface area contributed by atoms with Crippen LogP contribution in [0.2, 0.25) is 5.02 Å². The predicted molar refractivity (Wildman–Crippen MR) is 102 cm³/mol. The standard InChI is InChI=1S/C17H15ClN2O4S2/c1-20-14-13(24-2)8-7-12(18)15(14)25-17(20)19-16(21)10-5-4-6-11(9-10)26(3,22)23/h4-9H,1-3H3. The summed E-state index contributed by atoms with van der Waals surface area (Å²) < 4.78 is 31.2. The van der Waals surface area contributed by atoms with Crippen molar-refractivity contribution in [2.75, 3.05) is 13.4 Å². The van der Waals surface area contributed by atoms with Crippen molar-refractivity contribution in [3.05, 3.63) is 51.8 Å². The fourth-order valence-electron chi connectivity index (χ4n) is 2.47. The quantitative estimate of drug-likeness (QED) is 0.664. The molecule has 0 spiro atoms. The molecule has 3 rings (SSSR count). The number of carbonyl (C=O) groups excluding carboxylic acids is 1. The highest BCUT2D eigenvalue weighted by Gasteiger charge is 2.15. The SMILES string of the molecule is COc1ccc(Cl)c2sc(=NC(=O)c3cccc(S(C)(=O)=O)c3)n(C)c12. The lowest BCUT2D eigenvalue weighted by Gasteiger charge is -2.04. The summed E-state index contributed by atoms with van der Waals surface area (Å²) in [5.41, 5.74) is 0.935. The van der Waals surface area contributed by atoms with E-state index in [4.69, 9.17) is 16.3 Å². The maximum atomic E-state index is 12.5. The molecule has 0 aliphatic carbocycles. The average molecular weight is 411 g/mol. The Morgan fingerprint density at radius 2 is 2.00 bits per heavy atom. The maximum Gasteiger partial charge on any atom is 0.279 e. The number of benzene rings is 2. The Bertz CT molecular complexity index is 1190. The number of halogens is 1.